The van der Waals surface area contributed by atoms with E-state index in [0.29, 0.717) is 11.6 Å². The SMILES string of the molecule is CC1CCCC(NC(=O)C(NC(=O)Nc2ccccc2)C(C)C)C1. The predicted molar refractivity (Wildman–Crippen MR) is 96.8 cm³/mol. The van der Waals surface area contributed by atoms with E-state index in [9.17, 15) is 9.59 Å². The third kappa shape index (κ3) is 5.55. The number of hydrogen-bond donors (Lipinski definition) is 3. The normalized spacial score (nSPS) is 21.8. The van der Waals surface area contributed by atoms with Gasteiger partial charge >= 0.3 is 6.03 Å². The van der Waals surface area contributed by atoms with Crippen molar-refractivity contribution in [3.8, 4) is 0 Å². The van der Waals surface area contributed by atoms with Gasteiger partial charge in [-0.25, -0.2) is 4.79 Å². The first-order valence-corrected chi connectivity index (χ1v) is 8.88. The zero-order valence-electron chi connectivity index (χ0n) is 14.8. The Morgan fingerprint density at radius 3 is 2.46 bits per heavy atom. The van der Waals surface area contributed by atoms with E-state index < -0.39 is 6.04 Å². The highest BCUT2D eigenvalue weighted by atomic mass is 16.2. The Bertz CT molecular complexity index is 545. The zero-order valence-corrected chi connectivity index (χ0v) is 14.8. The molecule has 1 aliphatic carbocycles. The van der Waals surface area contributed by atoms with E-state index in [1.165, 1.54) is 6.42 Å². The number of benzene rings is 1. The summed E-state index contributed by atoms with van der Waals surface area (Å²) >= 11 is 0. The molecule has 0 bridgehead atoms. The molecule has 0 radical (unpaired) electrons. The molecule has 5 nitrogen and oxygen atoms in total. The van der Waals surface area contributed by atoms with Crippen LogP contribution in [0.1, 0.15) is 46.5 Å². The first kappa shape index (κ1) is 18.3. The molecule has 132 valence electrons. The Balaban J connectivity index is 1.90. The number of anilines is 1. The molecule has 0 heterocycles. The lowest BCUT2D eigenvalue weighted by Crippen LogP contribution is -2.53. The molecule has 0 spiro atoms. The van der Waals surface area contributed by atoms with Gasteiger partial charge in [0, 0.05) is 11.7 Å². The predicted octanol–water partition coefficient (Wildman–Crippen LogP) is 3.53. The smallest absolute Gasteiger partial charge is 0.319 e. The highest BCUT2D eigenvalue weighted by Crippen LogP contribution is 2.23. The lowest BCUT2D eigenvalue weighted by atomic mass is 9.87. The van der Waals surface area contributed by atoms with Gasteiger partial charge in [-0.15, -0.1) is 0 Å². The molecular formula is C19H29N3O2. The average molecular weight is 331 g/mol. The second-order valence-corrected chi connectivity index (χ2v) is 7.16. The van der Waals surface area contributed by atoms with Crippen LogP contribution >= 0.6 is 0 Å². The standard InChI is InChI=1S/C19H29N3O2/c1-13(2)17(18(23)20-16-11-7-8-14(3)12-16)22-19(24)21-15-9-5-4-6-10-15/h4-6,9-10,13-14,16-17H,7-8,11-12H2,1-3H3,(H,20,23)(H2,21,22,24). The summed E-state index contributed by atoms with van der Waals surface area (Å²) in [5, 5.41) is 8.68. The van der Waals surface area contributed by atoms with Crippen molar-refractivity contribution < 1.29 is 9.59 Å². The second kappa shape index (κ2) is 8.71. The molecule has 3 amide bonds. The van der Waals surface area contributed by atoms with E-state index in [4.69, 9.17) is 0 Å². The number of hydrogen-bond acceptors (Lipinski definition) is 2. The van der Waals surface area contributed by atoms with Crippen molar-refractivity contribution in [2.45, 2.75) is 58.5 Å². The van der Waals surface area contributed by atoms with E-state index in [1.54, 1.807) is 0 Å². The molecule has 2 rings (SSSR count). The maximum atomic E-state index is 12.6. The fourth-order valence-corrected chi connectivity index (χ4v) is 3.22. The van der Waals surface area contributed by atoms with Gasteiger partial charge in [0.2, 0.25) is 5.91 Å². The van der Waals surface area contributed by atoms with Crippen molar-refractivity contribution in [3.63, 3.8) is 0 Å². The van der Waals surface area contributed by atoms with E-state index in [0.717, 1.165) is 19.3 Å². The molecule has 0 saturated heterocycles. The van der Waals surface area contributed by atoms with Crippen LogP contribution in [0.5, 0.6) is 0 Å². The van der Waals surface area contributed by atoms with Crippen LogP contribution < -0.4 is 16.0 Å². The minimum Gasteiger partial charge on any atom is -0.352 e. The minimum absolute atomic E-state index is 0.0209. The van der Waals surface area contributed by atoms with Crippen LogP contribution in [0.2, 0.25) is 0 Å². The summed E-state index contributed by atoms with van der Waals surface area (Å²) in [5.74, 6) is 0.579. The third-order valence-corrected chi connectivity index (χ3v) is 4.55. The van der Waals surface area contributed by atoms with Crippen LogP contribution in [0.3, 0.4) is 0 Å². The van der Waals surface area contributed by atoms with Gasteiger partial charge < -0.3 is 16.0 Å². The quantitative estimate of drug-likeness (QED) is 0.772. The highest BCUT2D eigenvalue weighted by molar-refractivity contribution is 5.93. The van der Waals surface area contributed by atoms with E-state index in [-0.39, 0.29) is 23.9 Å². The molecule has 3 atom stereocenters. The van der Waals surface area contributed by atoms with Crippen LogP contribution in [-0.4, -0.2) is 24.0 Å². The number of rotatable bonds is 5. The van der Waals surface area contributed by atoms with Gasteiger partial charge in [-0.3, -0.25) is 4.79 Å². The Hall–Kier alpha value is -2.04. The molecular weight excluding hydrogens is 302 g/mol. The fourth-order valence-electron chi connectivity index (χ4n) is 3.22. The summed E-state index contributed by atoms with van der Waals surface area (Å²) < 4.78 is 0. The van der Waals surface area contributed by atoms with Crippen LogP contribution in [0.15, 0.2) is 30.3 Å². The Labute approximate surface area is 144 Å². The highest BCUT2D eigenvalue weighted by Gasteiger charge is 2.27. The van der Waals surface area contributed by atoms with Crippen molar-refractivity contribution >= 4 is 17.6 Å². The fraction of sp³-hybridized carbons (Fsp3) is 0.579. The molecule has 24 heavy (non-hydrogen) atoms. The van der Waals surface area contributed by atoms with E-state index >= 15 is 0 Å². The van der Waals surface area contributed by atoms with E-state index in [1.807, 2.05) is 44.2 Å². The van der Waals surface area contributed by atoms with Crippen LogP contribution in [0.4, 0.5) is 10.5 Å². The minimum atomic E-state index is -0.536. The largest absolute Gasteiger partial charge is 0.352 e. The number of para-hydroxylation sites is 1. The van der Waals surface area contributed by atoms with Gasteiger partial charge in [0.15, 0.2) is 0 Å². The Morgan fingerprint density at radius 1 is 1.12 bits per heavy atom. The monoisotopic (exact) mass is 331 g/mol. The average Bonchev–Trinajstić information content (AvgIpc) is 2.53. The molecule has 3 unspecified atom stereocenters. The van der Waals surface area contributed by atoms with Crippen LogP contribution in [0, 0.1) is 11.8 Å². The third-order valence-electron chi connectivity index (χ3n) is 4.55. The molecule has 1 aromatic rings. The molecule has 0 aromatic heterocycles. The summed E-state index contributed by atoms with van der Waals surface area (Å²) in [4.78, 5) is 24.8. The van der Waals surface area contributed by atoms with Gasteiger partial charge in [-0.2, -0.15) is 0 Å². The van der Waals surface area contributed by atoms with Crippen molar-refractivity contribution in [1.29, 1.82) is 0 Å². The molecule has 1 aliphatic rings. The summed E-state index contributed by atoms with van der Waals surface area (Å²) in [6.45, 7) is 6.11. The zero-order chi connectivity index (χ0) is 17.5. The summed E-state index contributed by atoms with van der Waals surface area (Å²) in [6.07, 6.45) is 4.43. The van der Waals surface area contributed by atoms with Crippen molar-refractivity contribution in [1.82, 2.24) is 10.6 Å². The van der Waals surface area contributed by atoms with Crippen molar-refractivity contribution in [3.05, 3.63) is 30.3 Å². The Kier molecular flexibility index (Phi) is 6.64. The van der Waals surface area contributed by atoms with Gasteiger partial charge in [-0.05, 0) is 36.8 Å². The maximum absolute atomic E-state index is 12.6. The number of amides is 3. The summed E-state index contributed by atoms with van der Waals surface area (Å²) in [7, 11) is 0. The summed E-state index contributed by atoms with van der Waals surface area (Å²) in [6, 6.07) is 8.55. The molecule has 1 fully saturated rings. The number of urea groups is 1. The Morgan fingerprint density at radius 2 is 1.83 bits per heavy atom. The van der Waals surface area contributed by atoms with Gasteiger partial charge in [0.1, 0.15) is 6.04 Å². The van der Waals surface area contributed by atoms with Crippen LogP contribution in [0.25, 0.3) is 0 Å². The molecule has 1 saturated carbocycles. The van der Waals surface area contributed by atoms with E-state index in [2.05, 4.69) is 22.9 Å². The molecule has 1 aromatic carbocycles. The molecule has 0 aliphatic heterocycles. The molecule has 5 heteroatoms. The van der Waals surface area contributed by atoms with Gasteiger partial charge in [0.05, 0.1) is 0 Å². The topological polar surface area (TPSA) is 70.2 Å². The maximum Gasteiger partial charge on any atom is 0.319 e. The first-order valence-electron chi connectivity index (χ1n) is 8.88. The van der Waals surface area contributed by atoms with Gasteiger partial charge in [-0.1, -0.05) is 51.8 Å². The second-order valence-electron chi connectivity index (χ2n) is 7.16. The van der Waals surface area contributed by atoms with Crippen molar-refractivity contribution in [2.75, 3.05) is 5.32 Å². The number of carbonyl (C=O) groups is 2. The molecule has 3 N–H and O–H groups in total. The lowest BCUT2D eigenvalue weighted by Gasteiger charge is -2.30. The number of nitrogens with one attached hydrogen (secondary N) is 3. The lowest BCUT2D eigenvalue weighted by molar-refractivity contribution is -0.124. The van der Waals surface area contributed by atoms with Crippen molar-refractivity contribution in [2.24, 2.45) is 11.8 Å². The summed E-state index contributed by atoms with van der Waals surface area (Å²) in [5.41, 5.74) is 0.707. The first-order chi connectivity index (χ1) is 11.5. The van der Waals surface area contributed by atoms with Crippen LogP contribution in [-0.2, 0) is 4.79 Å². The van der Waals surface area contributed by atoms with Gasteiger partial charge in [0.25, 0.3) is 0 Å². The number of carbonyl (C=O) groups excluding carboxylic acids is 2.